The topological polar surface area (TPSA) is 86.0 Å². The highest BCUT2D eigenvalue weighted by atomic mass is 32.1. The SMILES string of the molecule is CCCOc1nc(N)nc(NCC(C)(C)c2cccs2)n1. The molecule has 0 aliphatic rings. The molecule has 114 valence electrons. The quantitative estimate of drug-likeness (QED) is 0.818. The van der Waals surface area contributed by atoms with Crippen LogP contribution in [0.25, 0.3) is 0 Å². The van der Waals surface area contributed by atoms with Crippen LogP contribution in [0.1, 0.15) is 32.1 Å². The number of nitrogens with zero attached hydrogens (tertiary/aromatic N) is 3. The zero-order valence-corrected chi connectivity index (χ0v) is 13.4. The molecule has 21 heavy (non-hydrogen) atoms. The van der Waals surface area contributed by atoms with Crippen molar-refractivity contribution < 1.29 is 4.74 Å². The standard InChI is InChI=1S/C14H21N5OS/c1-4-7-20-13-18-11(15)17-12(19-13)16-9-14(2,3)10-6-5-8-21-10/h5-6,8H,4,7,9H2,1-3H3,(H3,15,16,17,18,19). The van der Waals surface area contributed by atoms with Crippen LogP contribution in [-0.4, -0.2) is 28.1 Å². The molecule has 2 rings (SSSR count). The van der Waals surface area contributed by atoms with Crippen LogP contribution in [0.3, 0.4) is 0 Å². The zero-order valence-electron chi connectivity index (χ0n) is 12.6. The number of ether oxygens (including phenoxy) is 1. The molecule has 0 amide bonds. The van der Waals surface area contributed by atoms with Crippen molar-refractivity contribution in [1.82, 2.24) is 15.0 Å². The van der Waals surface area contributed by atoms with Gasteiger partial charge in [-0.2, -0.15) is 15.0 Å². The van der Waals surface area contributed by atoms with E-state index >= 15 is 0 Å². The van der Waals surface area contributed by atoms with Gasteiger partial charge in [0, 0.05) is 16.8 Å². The molecule has 7 heteroatoms. The number of nitrogens with two attached hydrogens (primary N) is 1. The number of aromatic nitrogens is 3. The third-order valence-corrected chi connectivity index (χ3v) is 4.18. The lowest BCUT2D eigenvalue weighted by atomic mass is 9.91. The number of rotatable bonds is 7. The molecule has 2 aromatic rings. The van der Waals surface area contributed by atoms with Gasteiger partial charge in [-0.1, -0.05) is 26.8 Å². The molecule has 2 aromatic heterocycles. The molecular formula is C14H21N5OS. The highest BCUT2D eigenvalue weighted by molar-refractivity contribution is 7.10. The number of nitrogen functional groups attached to an aromatic ring is 1. The van der Waals surface area contributed by atoms with Crippen molar-refractivity contribution in [1.29, 1.82) is 0 Å². The molecular weight excluding hydrogens is 286 g/mol. The summed E-state index contributed by atoms with van der Waals surface area (Å²) in [6.45, 7) is 7.62. The maximum absolute atomic E-state index is 5.68. The Labute approximate surface area is 128 Å². The number of nitrogens with one attached hydrogen (secondary N) is 1. The van der Waals surface area contributed by atoms with Crippen molar-refractivity contribution in [2.45, 2.75) is 32.6 Å². The summed E-state index contributed by atoms with van der Waals surface area (Å²) in [4.78, 5) is 13.6. The van der Waals surface area contributed by atoms with Gasteiger partial charge in [0.05, 0.1) is 6.61 Å². The predicted octanol–water partition coefficient (Wildman–Crippen LogP) is 2.69. The van der Waals surface area contributed by atoms with Crippen LogP contribution >= 0.6 is 11.3 Å². The Hall–Kier alpha value is -1.89. The van der Waals surface area contributed by atoms with Crippen LogP contribution in [0, 0.1) is 0 Å². The Kier molecular flexibility index (Phi) is 4.95. The highest BCUT2D eigenvalue weighted by Gasteiger charge is 2.22. The first-order valence-corrected chi connectivity index (χ1v) is 7.81. The molecule has 0 radical (unpaired) electrons. The molecule has 0 aliphatic heterocycles. The van der Waals surface area contributed by atoms with E-state index in [0.29, 0.717) is 19.1 Å². The second-order valence-corrected chi connectivity index (χ2v) is 6.31. The summed E-state index contributed by atoms with van der Waals surface area (Å²) in [5.41, 5.74) is 5.67. The van der Waals surface area contributed by atoms with Gasteiger partial charge < -0.3 is 15.8 Å². The molecule has 0 atom stereocenters. The molecule has 6 nitrogen and oxygen atoms in total. The van der Waals surface area contributed by atoms with Gasteiger partial charge in [0.2, 0.25) is 11.9 Å². The van der Waals surface area contributed by atoms with E-state index in [-0.39, 0.29) is 17.4 Å². The van der Waals surface area contributed by atoms with Crippen molar-refractivity contribution in [3.05, 3.63) is 22.4 Å². The molecule has 0 bridgehead atoms. The van der Waals surface area contributed by atoms with E-state index < -0.39 is 0 Å². The minimum atomic E-state index is -0.0139. The lowest BCUT2D eigenvalue weighted by Crippen LogP contribution is -2.27. The summed E-state index contributed by atoms with van der Waals surface area (Å²) >= 11 is 1.74. The van der Waals surface area contributed by atoms with E-state index in [4.69, 9.17) is 10.5 Å². The van der Waals surface area contributed by atoms with Crippen molar-refractivity contribution in [3.8, 4) is 6.01 Å². The van der Waals surface area contributed by atoms with E-state index in [1.165, 1.54) is 4.88 Å². The van der Waals surface area contributed by atoms with Crippen molar-refractivity contribution in [3.63, 3.8) is 0 Å². The minimum Gasteiger partial charge on any atom is -0.463 e. The van der Waals surface area contributed by atoms with Gasteiger partial charge in [0.1, 0.15) is 0 Å². The third-order valence-electron chi connectivity index (χ3n) is 2.94. The fraction of sp³-hybridized carbons (Fsp3) is 0.500. The average molecular weight is 307 g/mol. The summed E-state index contributed by atoms with van der Waals surface area (Å²) in [7, 11) is 0. The first kappa shape index (κ1) is 15.5. The second-order valence-electron chi connectivity index (χ2n) is 5.36. The average Bonchev–Trinajstić information content (AvgIpc) is 2.97. The van der Waals surface area contributed by atoms with Crippen molar-refractivity contribution in [2.75, 3.05) is 24.2 Å². The molecule has 0 saturated carbocycles. The molecule has 0 fully saturated rings. The van der Waals surface area contributed by atoms with Crippen LogP contribution in [-0.2, 0) is 5.41 Å². The van der Waals surface area contributed by atoms with Gasteiger partial charge in [0.25, 0.3) is 0 Å². The summed E-state index contributed by atoms with van der Waals surface area (Å²) in [5.74, 6) is 0.603. The molecule has 0 unspecified atom stereocenters. The molecule has 2 heterocycles. The monoisotopic (exact) mass is 307 g/mol. The summed E-state index contributed by atoms with van der Waals surface area (Å²) < 4.78 is 5.40. The van der Waals surface area contributed by atoms with Crippen molar-refractivity contribution >= 4 is 23.2 Å². The summed E-state index contributed by atoms with van der Waals surface area (Å²) in [6.07, 6.45) is 0.889. The maximum Gasteiger partial charge on any atom is 0.323 e. The van der Waals surface area contributed by atoms with E-state index in [1.807, 2.05) is 6.92 Å². The largest absolute Gasteiger partial charge is 0.463 e. The Morgan fingerprint density at radius 3 is 2.81 bits per heavy atom. The van der Waals surface area contributed by atoms with Crippen LogP contribution < -0.4 is 15.8 Å². The zero-order chi connectivity index (χ0) is 15.3. The van der Waals surface area contributed by atoms with Crippen LogP contribution in [0.2, 0.25) is 0 Å². The lowest BCUT2D eigenvalue weighted by molar-refractivity contribution is 0.292. The van der Waals surface area contributed by atoms with Gasteiger partial charge in [-0.25, -0.2) is 0 Å². The number of hydrogen-bond acceptors (Lipinski definition) is 7. The first-order chi connectivity index (χ1) is 10.0. The van der Waals surface area contributed by atoms with E-state index in [9.17, 15) is 0 Å². The lowest BCUT2D eigenvalue weighted by Gasteiger charge is -2.23. The summed E-state index contributed by atoms with van der Waals surface area (Å²) in [6, 6.07) is 4.45. The Bertz CT molecular complexity index is 571. The number of anilines is 2. The third kappa shape index (κ3) is 4.29. The molecule has 0 saturated heterocycles. The van der Waals surface area contributed by atoms with E-state index in [2.05, 4.69) is 51.6 Å². The summed E-state index contributed by atoms with van der Waals surface area (Å²) in [5, 5.41) is 5.29. The number of hydrogen-bond donors (Lipinski definition) is 2. The normalized spacial score (nSPS) is 11.4. The van der Waals surface area contributed by atoms with Gasteiger partial charge in [-0.05, 0) is 17.9 Å². The Morgan fingerprint density at radius 2 is 2.14 bits per heavy atom. The van der Waals surface area contributed by atoms with Crippen LogP contribution in [0.5, 0.6) is 6.01 Å². The van der Waals surface area contributed by atoms with Crippen LogP contribution in [0.4, 0.5) is 11.9 Å². The molecule has 3 N–H and O–H groups in total. The Balaban J connectivity index is 2.04. The van der Waals surface area contributed by atoms with E-state index in [1.54, 1.807) is 11.3 Å². The molecule has 0 aliphatic carbocycles. The molecule has 0 spiro atoms. The van der Waals surface area contributed by atoms with Gasteiger partial charge in [-0.3, -0.25) is 0 Å². The molecule has 0 aromatic carbocycles. The maximum atomic E-state index is 5.68. The smallest absolute Gasteiger partial charge is 0.323 e. The second kappa shape index (κ2) is 6.71. The highest BCUT2D eigenvalue weighted by Crippen LogP contribution is 2.27. The fourth-order valence-electron chi connectivity index (χ4n) is 1.76. The van der Waals surface area contributed by atoms with Gasteiger partial charge in [-0.15, -0.1) is 11.3 Å². The Morgan fingerprint density at radius 1 is 1.33 bits per heavy atom. The fourth-order valence-corrected chi connectivity index (χ4v) is 2.61. The first-order valence-electron chi connectivity index (χ1n) is 6.93. The van der Waals surface area contributed by atoms with Crippen LogP contribution in [0.15, 0.2) is 17.5 Å². The number of thiophene rings is 1. The van der Waals surface area contributed by atoms with Gasteiger partial charge in [0.15, 0.2) is 0 Å². The minimum absolute atomic E-state index is 0.0139. The van der Waals surface area contributed by atoms with E-state index in [0.717, 1.165) is 6.42 Å². The van der Waals surface area contributed by atoms with Gasteiger partial charge >= 0.3 is 6.01 Å². The van der Waals surface area contributed by atoms with Crippen molar-refractivity contribution in [2.24, 2.45) is 0 Å². The predicted molar refractivity (Wildman–Crippen MR) is 85.9 cm³/mol.